The molecule has 0 bridgehead atoms. The van der Waals surface area contributed by atoms with Gasteiger partial charge in [-0.05, 0) is 66.4 Å². The average Bonchev–Trinajstić information content (AvgIpc) is 2.93. The Morgan fingerprint density at radius 2 is 1.88 bits per heavy atom. The number of hydrogen-bond donors (Lipinski definition) is 3. The number of sulfonamides is 1. The van der Waals surface area contributed by atoms with Crippen LogP contribution in [0, 0.1) is 0 Å². The minimum Gasteiger partial charge on any atom is -0.508 e. The van der Waals surface area contributed by atoms with Crippen molar-refractivity contribution in [1.82, 2.24) is 20.1 Å². The predicted octanol–water partition coefficient (Wildman–Crippen LogP) is 4.48. The van der Waals surface area contributed by atoms with E-state index in [1.54, 1.807) is 41.4 Å². The molecule has 222 valence electrons. The number of halogens is 2. The summed E-state index contributed by atoms with van der Waals surface area (Å²) in [5.74, 6) is -2.22. The van der Waals surface area contributed by atoms with E-state index in [0.717, 1.165) is 19.1 Å². The van der Waals surface area contributed by atoms with Crippen LogP contribution in [0.1, 0.15) is 64.8 Å². The molecule has 1 fully saturated rings. The first-order valence-electron chi connectivity index (χ1n) is 13.4. The molecule has 0 spiro atoms. The Kier molecular flexibility index (Phi) is 9.05. The van der Waals surface area contributed by atoms with Crippen molar-refractivity contribution >= 4 is 45.0 Å². The minimum atomic E-state index is -3.61. The number of hydroxylamine groups is 1. The third-order valence-electron chi connectivity index (χ3n) is 7.59. The number of benzene rings is 2. The minimum absolute atomic E-state index is 0.00973. The van der Waals surface area contributed by atoms with Crippen molar-refractivity contribution in [3.8, 4) is 5.75 Å². The molecular weight excluding hydrogens is 603 g/mol. The predicted molar refractivity (Wildman–Crippen MR) is 157 cm³/mol. The van der Waals surface area contributed by atoms with Gasteiger partial charge in [0.25, 0.3) is 11.8 Å². The molecule has 13 heteroatoms. The lowest BCUT2D eigenvalue weighted by molar-refractivity contribution is -0.138. The van der Waals surface area contributed by atoms with Gasteiger partial charge < -0.3 is 10.0 Å². The number of fused-ring (bicyclic) bond motifs is 1. The number of phenolic OH excluding ortho intramolecular Hbond substituents is 1. The molecule has 1 aromatic heterocycles. The van der Waals surface area contributed by atoms with E-state index in [-0.39, 0.29) is 28.5 Å². The molecule has 2 aromatic carbocycles. The van der Waals surface area contributed by atoms with Crippen molar-refractivity contribution in [3.05, 3.63) is 93.2 Å². The van der Waals surface area contributed by atoms with Gasteiger partial charge in [0.05, 0.1) is 23.9 Å². The Morgan fingerprint density at radius 1 is 1.10 bits per heavy atom. The Balaban J connectivity index is 1.63. The standard InChI is InChI=1S/C29H30Cl2N4O6S/c1-42(39,40)34-24-7-2-3-8-25(24)35-27(21-11-9-17(30)14-23(21)31)26(22-15-19(36)10-12-20(22)29(35)38)28(37)33-41-16-18-6-4-5-13-32-18/h4-6,9-15,24-27,34,36H,2-3,7-8,16H2,1H3,(H,33,37)/t24-,25?,26+,27-/m0/s1. The van der Waals surface area contributed by atoms with E-state index in [0.29, 0.717) is 29.1 Å². The van der Waals surface area contributed by atoms with E-state index in [4.69, 9.17) is 28.0 Å². The highest BCUT2D eigenvalue weighted by atomic mass is 35.5. The Morgan fingerprint density at radius 3 is 2.60 bits per heavy atom. The SMILES string of the molecule is CS(=O)(=O)N[C@H]1CCCCC1N1C(=O)c2ccc(O)cc2[C@@H](C(=O)NOCc2ccccn2)[C@@H]1c1ccc(Cl)cc1Cl. The van der Waals surface area contributed by atoms with E-state index in [1.807, 2.05) is 0 Å². The van der Waals surface area contributed by atoms with Crippen LogP contribution < -0.4 is 10.2 Å². The number of aromatic nitrogens is 1. The third kappa shape index (κ3) is 6.55. The van der Waals surface area contributed by atoms with Crippen LogP contribution >= 0.6 is 23.2 Å². The molecule has 0 radical (unpaired) electrons. The summed E-state index contributed by atoms with van der Waals surface area (Å²) in [6, 6.07) is 12.2. The molecule has 4 atom stereocenters. The highest BCUT2D eigenvalue weighted by Crippen LogP contribution is 2.48. The molecule has 0 saturated heterocycles. The fourth-order valence-corrected chi connectivity index (χ4v) is 7.24. The van der Waals surface area contributed by atoms with Crippen LogP contribution in [0.15, 0.2) is 60.8 Å². The van der Waals surface area contributed by atoms with Crippen LogP contribution in [-0.2, 0) is 26.3 Å². The van der Waals surface area contributed by atoms with Crippen molar-refractivity contribution in [2.45, 2.75) is 56.3 Å². The summed E-state index contributed by atoms with van der Waals surface area (Å²) in [4.78, 5) is 39.6. The first-order valence-corrected chi connectivity index (χ1v) is 16.1. The zero-order valence-electron chi connectivity index (χ0n) is 22.7. The second kappa shape index (κ2) is 12.6. The number of pyridine rings is 1. The maximum Gasteiger partial charge on any atom is 0.255 e. The summed E-state index contributed by atoms with van der Waals surface area (Å²) in [7, 11) is -3.61. The van der Waals surface area contributed by atoms with E-state index < -0.39 is 45.9 Å². The molecule has 1 saturated carbocycles. The molecule has 3 N–H and O–H groups in total. The number of amides is 2. The quantitative estimate of drug-likeness (QED) is 0.311. The van der Waals surface area contributed by atoms with E-state index in [9.17, 15) is 23.1 Å². The number of rotatable bonds is 8. The Labute approximate surface area is 254 Å². The van der Waals surface area contributed by atoms with Gasteiger partial charge in [0.1, 0.15) is 12.4 Å². The van der Waals surface area contributed by atoms with Gasteiger partial charge in [-0.3, -0.25) is 19.4 Å². The number of nitrogens with one attached hydrogen (secondary N) is 2. The third-order valence-corrected chi connectivity index (χ3v) is 8.88. The summed E-state index contributed by atoms with van der Waals surface area (Å²) in [5, 5.41) is 11.0. The average molecular weight is 634 g/mol. The van der Waals surface area contributed by atoms with Gasteiger partial charge in [-0.2, -0.15) is 0 Å². The zero-order valence-corrected chi connectivity index (χ0v) is 25.0. The lowest BCUT2D eigenvalue weighted by Crippen LogP contribution is -2.59. The van der Waals surface area contributed by atoms with Crippen molar-refractivity contribution in [1.29, 1.82) is 0 Å². The fourth-order valence-electron chi connectivity index (χ4n) is 5.90. The molecule has 1 aliphatic heterocycles. The number of carbonyl (C=O) groups is 2. The second-order valence-electron chi connectivity index (χ2n) is 10.5. The van der Waals surface area contributed by atoms with Gasteiger partial charge in [0.2, 0.25) is 10.0 Å². The number of phenols is 1. The Hall–Kier alpha value is -3.22. The van der Waals surface area contributed by atoms with E-state index >= 15 is 0 Å². The molecule has 42 heavy (non-hydrogen) atoms. The van der Waals surface area contributed by atoms with Gasteiger partial charge in [-0.25, -0.2) is 18.6 Å². The lowest BCUT2D eigenvalue weighted by atomic mass is 9.76. The van der Waals surface area contributed by atoms with Gasteiger partial charge in [-0.1, -0.05) is 48.2 Å². The highest BCUT2D eigenvalue weighted by molar-refractivity contribution is 7.88. The summed E-state index contributed by atoms with van der Waals surface area (Å²) < 4.78 is 27.4. The first kappa shape index (κ1) is 30.2. The second-order valence-corrected chi connectivity index (χ2v) is 13.1. The van der Waals surface area contributed by atoms with Gasteiger partial charge in [0.15, 0.2) is 0 Å². The number of carbonyl (C=O) groups excluding carboxylic acids is 2. The van der Waals surface area contributed by atoms with Crippen molar-refractivity contribution in [2.75, 3.05) is 6.26 Å². The molecule has 1 aliphatic carbocycles. The number of hydrogen-bond acceptors (Lipinski definition) is 7. The van der Waals surface area contributed by atoms with Crippen LogP contribution in [0.5, 0.6) is 5.75 Å². The summed E-state index contributed by atoms with van der Waals surface area (Å²) >= 11 is 12.9. The molecule has 2 amide bonds. The smallest absolute Gasteiger partial charge is 0.255 e. The molecule has 10 nitrogen and oxygen atoms in total. The zero-order chi connectivity index (χ0) is 30.0. The lowest BCUT2D eigenvalue weighted by Gasteiger charge is -2.49. The summed E-state index contributed by atoms with van der Waals surface area (Å²) in [5.41, 5.74) is 4.03. The monoisotopic (exact) mass is 632 g/mol. The van der Waals surface area contributed by atoms with Crippen LogP contribution in [0.4, 0.5) is 0 Å². The summed E-state index contributed by atoms with van der Waals surface area (Å²) in [6.45, 7) is -0.00973. The van der Waals surface area contributed by atoms with Crippen molar-refractivity contribution in [2.24, 2.45) is 0 Å². The van der Waals surface area contributed by atoms with Gasteiger partial charge in [0, 0.05) is 33.9 Å². The van der Waals surface area contributed by atoms with Crippen LogP contribution in [0.3, 0.4) is 0 Å². The maximum atomic E-state index is 14.3. The topological polar surface area (TPSA) is 138 Å². The first-order chi connectivity index (χ1) is 20.0. The van der Waals surface area contributed by atoms with E-state index in [2.05, 4.69) is 15.2 Å². The largest absolute Gasteiger partial charge is 0.508 e. The molecular formula is C29H30Cl2N4O6S. The van der Waals surface area contributed by atoms with Crippen LogP contribution in [0.2, 0.25) is 10.0 Å². The molecule has 2 aliphatic rings. The van der Waals surface area contributed by atoms with Crippen LogP contribution in [0.25, 0.3) is 0 Å². The van der Waals surface area contributed by atoms with Crippen molar-refractivity contribution < 1.29 is 28.0 Å². The molecule has 5 rings (SSSR count). The van der Waals surface area contributed by atoms with Crippen molar-refractivity contribution in [3.63, 3.8) is 0 Å². The molecule has 3 aromatic rings. The molecule has 1 unspecified atom stereocenters. The van der Waals surface area contributed by atoms with E-state index in [1.165, 1.54) is 24.3 Å². The fraction of sp³-hybridized carbons (Fsp3) is 0.345. The number of aromatic hydroxyl groups is 1. The van der Waals surface area contributed by atoms with Gasteiger partial charge >= 0.3 is 0 Å². The molecule has 2 heterocycles. The number of nitrogens with zero attached hydrogens (tertiary/aromatic N) is 2. The van der Waals surface area contributed by atoms with Crippen LogP contribution in [-0.4, -0.2) is 53.6 Å². The summed E-state index contributed by atoms with van der Waals surface area (Å²) in [6.07, 6.45) is 5.22. The maximum absolute atomic E-state index is 14.3. The Bertz CT molecular complexity index is 1590. The highest BCUT2D eigenvalue weighted by Gasteiger charge is 2.49. The normalized spacial score (nSPS) is 22.5. The van der Waals surface area contributed by atoms with Gasteiger partial charge in [-0.15, -0.1) is 0 Å².